The van der Waals surface area contributed by atoms with Crippen molar-refractivity contribution in [3.05, 3.63) is 16.6 Å². The zero-order valence-corrected chi connectivity index (χ0v) is 12.4. The average Bonchev–Trinajstić information content (AvgIpc) is 3.03. The van der Waals surface area contributed by atoms with Crippen LogP contribution in [0.25, 0.3) is 0 Å². The molecule has 0 saturated carbocycles. The minimum atomic E-state index is -2.14. The summed E-state index contributed by atoms with van der Waals surface area (Å²) in [7, 11) is 0. The lowest BCUT2D eigenvalue weighted by Crippen LogP contribution is -2.67. The van der Waals surface area contributed by atoms with Crippen LogP contribution in [0.5, 0.6) is 0 Å². The summed E-state index contributed by atoms with van der Waals surface area (Å²) in [4.78, 5) is 30.1. The first kappa shape index (κ1) is 14.4. The van der Waals surface area contributed by atoms with Crippen molar-refractivity contribution in [2.24, 2.45) is 5.41 Å². The Morgan fingerprint density at radius 1 is 1.52 bits per heavy atom. The number of carbonyl (C=O) groups is 2. The molecular weight excluding hydrogens is 297 g/mol. The van der Waals surface area contributed by atoms with Gasteiger partial charge in [0.1, 0.15) is 4.88 Å². The van der Waals surface area contributed by atoms with E-state index in [4.69, 9.17) is 4.74 Å². The number of amides is 1. The molecule has 1 spiro atoms. The van der Waals surface area contributed by atoms with Crippen molar-refractivity contribution in [1.82, 2.24) is 15.2 Å². The molecule has 0 bridgehead atoms. The van der Waals surface area contributed by atoms with Gasteiger partial charge >= 0.3 is 5.97 Å². The van der Waals surface area contributed by atoms with Gasteiger partial charge in [-0.2, -0.15) is 0 Å². The summed E-state index contributed by atoms with van der Waals surface area (Å²) in [6.45, 7) is 2.46. The number of ether oxygens (including phenoxy) is 1. The maximum atomic E-state index is 15.3. The summed E-state index contributed by atoms with van der Waals surface area (Å²) in [5.74, 6) is -1.15. The molecule has 2 saturated heterocycles. The molecule has 8 heteroatoms. The van der Waals surface area contributed by atoms with Crippen LogP contribution in [-0.4, -0.2) is 60.2 Å². The molecule has 0 aliphatic carbocycles. The normalized spacial score (nSPS) is 26.7. The van der Waals surface area contributed by atoms with E-state index in [0.29, 0.717) is 18.0 Å². The number of hydrogen-bond donors (Lipinski definition) is 1. The van der Waals surface area contributed by atoms with Gasteiger partial charge in [0.2, 0.25) is 5.67 Å². The first-order valence-corrected chi connectivity index (χ1v) is 7.65. The number of aromatic nitrogens is 1. The molecule has 6 nitrogen and oxygen atoms in total. The number of nitrogens with zero attached hydrogens (tertiary/aromatic N) is 2. The van der Waals surface area contributed by atoms with Crippen molar-refractivity contribution in [2.75, 3.05) is 32.8 Å². The van der Waals surface area contributed by atoms with E-state index in [0.717, 1.165) is 0 Å². The van der Waals surface area contributed by atoms with E-state index < -0.39 is 17.1 Å². The Kier molecular flexibility index (Phi) is 3.45. The highest BCUT2D eigenvalue weighted by Gasteiger charge is 2.67. The predicted molar refractivity (Wildman–Crippen MR) is 73.8 cm³/mol. The van der Waals surface area contributed by atoms with Gasteiger partial charge < -0.3 is 15.0 Å². The van der Waals surface area contributed by atoms with Gasteiger partial charge in [-0.1, -0.05) is 0 Å². The van der Waals surface area contributed by atoms with Gasteiger partial charge in [0, 0.05) is 19.6 Å². The van der Waals surface area contributed by atoms with Gasteiger partial charge in [-0.15, -0.1) is 11.3 Å². The fourth-order valence-electron chi connectivity index (χ4n) is 2.94. The summed E-state index contributed by atoms with van der Waals surface area (Å²) in [5, 5.41) is 2.99. The van der Waals surface area contributed by atoms with Crippen LogP contribution in [0.3, 0.4) is 0 Å². The van der Waals surface area contributed by atoms with Crippen molar-refractivity contribution in [3.8, 4) is 0 Å². The smallest absolute Gasteiger partial charge is 0.346 e. The zero-order valence-electron chi connectivity index (χ0n) is 11.6. The number of thiazole rings is 1. The summed E-state index contributed by atoms with van der Waals surface area (Å²) in [6.07, 6.45) is 1.46. The van der Waals surface area contributed by atoms with Crippen molar-refractivity contribution < 1.29 is 18.7 Å². The number of halogens is 1. The number of esters is 1. The topological polar surface area (TPSA) is 71.5 Å². The van der Waals surface area contributed by atoms with Crippen LogP contribution in [0.1, 0.15) is 16.6 Å². The molecular formula is C13H16FN3O3S. The second kappa shape index (κ2) is 5.03. The molecule has 2 fully saturated rings. The Morgan fingerprint density at radius 3 is 2.81 bits per heavy atom. The van der Waals surface area contributed by atoms with E-state index in [9.17, 15) is 9.59 Å². The Balaban J connectivity index is 1.85. The van der Waals surface area contributed by atoms with Gasteiger partial charge in [0.25, 0.3) is 5.91 Å². The predicted octanol–water partition coefficient (Wildman–Crippen LogP) is 0.460. The molecule has 1 aromatic heterocycles. The van der Waals surface area contributed by atoms with Crippen molar-refractivity contribution in [1.29, 1.82) is 0 Å². The highest BCUT2D eigenvalue weighted by atomic mass is 32.1. The Hall–Kier alpha value is -1.54. The van der Waals surface area contributed by atoms with Crippen molar-refractivity contribution in [3.63, 3.8) is 0 Å². The van der Waals surface area contributed by atoms with Gasteiger partial charge in [-0.05, 0) is 6.92 Å². The lowest BCUT2D eigenvalue weighted by atomic mass is 9.71. The van der Waals surface area contributed by atoms with Gasteiger partial charge in [-0.3, -0.25) is 9.78 Å². The Labute approximate surface area is 125 Å². The Morgan fingerprint density at radius 2 is 2.29 bits per heavy atom. The van der Waals surface area contributed by atoms with Crippen LogP contribution in [0.2, 0.25) is 0 Å². The molecule has 0 radical (unpaired) electrons. The quantitative estimate of drug-likeness (QED) is 0.821. The summed E-state index contributed by atoms with van der Waals surface area (Å²) >= 11 is 1.21. The van der Waals surface area contributed by atoms with Crippen LogP contribution in [0.4, 0.5) is 4.39 Å². The van der Waals surface area contributed by atoms with Crippen LogP contribution >= 0.6 is 11.3 Å². The third-order valence-electron chi connectivity index (χ3n) is 4.20. The summed E-state index contributed by atoms with van der Waals surface area (Å²) in [6, 6.07) is 0. The largest absolute Gasteiger partial charge is 0.464 e. The fraction of sp³-hybridized carbons (Fsp3) is 0.615. The fourth-order valence-corrected chi connectivity index (χ4v) is 3.53. The SMILES string of the molecule is CCOC(=O)C1(F)CN(C(=O)c2cncs2)CC12CNC2. The van der Waals surface area contributed by atoms with E-state index in [1.54, 1.807) is 12.4 Å². The minimum absolute atomic E-state index is 0.122. The Bertz CT molecular complexity index is 561. The molecule has 0 aromatic carbocycles. The van der Waals surface area contributed by atoms with E-state index in [1.807, 2.05) is 0 Å². The first-order valence-electron chi connectivity index (χ1n) is 6.77. The molecule has 2 aliphatic heterocycles. The van der Waals surface area contributed by atoms with Crippen LogP contribution in [0.15, 0.2) is 11.7 Å². The third-order valence-corrected chi connectivity index (χ3v) is 4.96. The maximum absolute atomic E-state index is 15.3. The molecule has 1 unspecified atom stereocenters. The monoisotopic (exact) mass is 313 g/mol. The number of likely N-dealkylation sites (tertiary alicyclic amines) is 1. The average molecular weight is 313 g/mol. The number of hydrogen-bond acceptors (Lipinski definition) is 6. The number of rotatable bonds is 3. The number of nitrogens with one attached hydrogen (secondary N) is 1. The third kappa shape index (κ3) is 2.04. The maximum Gasteiger partial charge on any atom is 0.346 e. The molecule has 114 valence electrons. The molecule has 21 heavy (non-hydrogen) atoms. The molecule has 3 heterocycles. The molecule has 3 rings (SSSR count). The molecule has 1 amide bonds. The van der Waals surface area contributed by atoms with Gasteiger partial charge in [-0.25, -0.2) is 9.18 Å². The van der Waals surface area contributed by atoms with E-state index in [1.165, 1.54) is 22.4 Å². The molecule has 2 aliphatic rings. The molecule has 1 atom stereocenters. The molecule has 1 aromatic rings. The second-order valence-electron chi connectivity index (χ2n) is 5.43. The first-order chi connectivity index (χ1) is 10.0. The van der Waals surface area contributed by atoms with Gasteiger partial charge in [0.15, 0.2) is 0 Å². The van der Waals surface area contributed by atoms with E-state index >= 15 is 4.39 Å². The summed E-state index contributed by atoms with van der Waals surface area (Å²) in [5.41, 5.74) is -1.47. The molecule has 1 N–H and O–H groups in total. The van der Waals surface area contributed by atoms with E-state index in [-0.39, 0.29) is 25.6 Å². The highest BCUT2D eigenvalue weighted by molar-refractivity contribution is 7.11. The number of carbonyl (C=O) groups excluding carboxylic acids is 2. The second-order valence-corrected chi connectivity index (χ2v) is 6.32. The van der Waals surface area contributed by atoms with Crippen LogP contribution in [-0.2, 0) is 9.53 Å². The zero-order chi connectivity index (χ0) is 15.1. The van der Waals surface area contributed by atoms with Gasteiger partial charge in [0.05, 0.1) is 30.3 Å². The summed E-state index contributed by atoms with van der Waals surface area (Å²) < 4.78 is 20.2. The van der Waals surface area contributed by atoms with E-state index in [2.05, 4.69) is 10.3 Å². The van der Waals surface area contributed by atoms with Crippen molar-refractivity contribution >= 4 is 23.2 Å². The lowest BCUT2D eigenvalue weighted by molar-refractivity contribution is -0.166. The standard InChI is InChI=1S/C13H16FN3O3S/c1-2-20-11(19)13(14)7-17(6-12(13)4-16-5-12)10(18)9-3-15-8-21-9/h3,8,16H,2,4-7H2,1H3. The number of alkyl halides is 1. The lowest BCUT2D eigenvalue weighted by Gasteiger charge is -2.44. The highest BCUT2D eigenvalue weighted by Crippen LogP contribution is 2.46. The van der Waals surface area contributed by atoms with Crippen LogP contribution in [0, 0.1) is 5.41 Å². The minimum Gasteiger partial charge on any atom is -0.464 e. The van der Waals surface area contributed by atoms with Crippen LogP contribution < -0.4 is 5.32 Å². The van der Waals surface area contributed by atoms with Crippen molar-refractivity contribution in [2.45, 2.75) is 12.6 Å².